The number of para-hydroxylation sites is 2. The molecule has 1 aliphatic heterocycles. The van der Waals surface area contributed by atoms with Crippen LogP contribution in [0.5, 0.6) is 11.5 Å². The molecule has 4 rings (SSSR count). The maximum Gasteiger partial charge on any atom is 0.264 e. The maximum atomic E-state index is 13.4. The number of ether oxygens (including phenoxy) is 2. The lowest BCUT2D eigenvalue weighted by Crippen LogP contribution is -2.51. The number of carbonyl (C=O) groups is 1. The Morgan fingerprint density at radius 1 is 1.12 bits per heavy atom. The highest BCUT2D eigenvalue weighted by atomic mass is 35.5. The topological polar surface area (TPSA) is 84.9 Å². The van der Waals surface area contributed by atoms with Crippen molar-refractivity contribution in [3.05, 3.63) is 83.4 Å². The van der Waals surface area contributed by atoms with Gasteiger partial charge < -0.3 is 14.8 Å². The lowest BCUT2D eigenvalue weighted by Gasteiger charge is -2.35. The van der Waals surface area contributed by atoms with E-state index in [1.165, 1.54) is 28.6 Å². The van der Waals surface area contributed by atoms with Gasteiger partial charge in [0, 0.05) is 5.02 Å². The Morgan fingerprint density at radius 3 is 2.47 bits per heavy atom. The third kappa shape index (κ3) is 4.98. The average molecular weight is 501 g/mol. The lowest BCUT2D eigenvalue weighted by molar-refractivity contribution is -0.128. The summed E-state index contributed by atoms with van der Waals surface area (Å²) < 4.78 is 39.5. The highest BCUT2D eigenvalue weighted by Gasteiger charge is 2.37. The molecule has 9 heteroatoms. The van der Waals surface area contributed by atoms with E-state index in [2.05, 4.69) is 5.32 Å². The molecule has 0 unspecified atom stereocenters. The molecule has 7 nitrogen and oxygen atoms in total. The zero-order valence-electron chi connectivity index (χ0n) is 18.8. The van der Waals surface area contributed by atoms with Gasteiger partial charge in [0.15, 0.2) is 6.10 Å². The van der Waals surface area contributed by atoms with Gasteiger partial charge in [-0.1, -0.05) is 35.9 Å². The highest BCUT2D eigenvalue weighted by Crippen LogP contribution is 2.37. The lowest BCUT2D eigenvalue weighted by atomic mass is 10.1. The first-order chi connectivity index (χ1) is 16.3. The monoisotopic (exact) mass is 500 g/mol. The molecule has 34 heavy (non-hydrogen) atoms. The fraction of sp³-hybridized carbons (Fsp3) is 0.240. The van der Waals surface area contributed by atoms with Gasteiger partial charge in [-0.15, -0.1) is 0 Å². The van der Waals surface area contributed by atoms with Crippen LogP contribution in [0.1, 0.15) is 25.5 Å². The molecule has 0 radical (unpaired) electrons. The van der Waals surface area contributed by atoms with Crippen LogP contribution in [0.25, 0.3) is 0 Å². The second kappa shape index (κ2) is 9.95. The number of nitrogens with zero attached hydrogens (tertiary/aromatic N) is 1. The summed E-state index contributed by atoms with van der Waals surface area (Å²) in [5, 5.41) is 3.36. The normalized spacial score (nSPS) is 16.2. The van der Waals surface area contributed by atoms with E-state index in [4.69, 9.17) is 21.1 Å². The summed E-state index contributed by atoms with van der Waals surface area (Å²) in [6.45, 7) is 4.17. The maximum absolute atomic E-state index is 13.4. The molecule has 3 aromatic rings. The van der Waals surface area contributed by atoms with Crippen molar-refractivity contribution in [3.63, 3.8) is 0 Å². The SMILES string of the molecule is CCOc1ccc([C@@H](C)NC(=O)[C@H]2CN(S(=O)(=O)c3ccc(Cl)cc3)c3ccccc3O2)cc1. The minimum atomic E-state index is -3.95. The molecular formula is C25H25ClN2O5S. The van der Waals surface area contributed by atoms with Gasteiger partial charge in [0.05, 0.1) is 29.8 Å². The zero-order chi connectivity index (χ0) is 24.3. The number of fused-ring (bicyclic) bond motifs is 1. The van der Waals surface area contributed by atoms with Crippen LogP contribution in [0, 0.1) is 0 Å². The quantitative estimate of drug-likeness (QED) is 0.513. The van der Waals surface area contributed by atoms with Gasteiger partial charge in [-0.05, 0) is 67.9 Å². The Hall–Kier alpha value is -3.23. The summed E-state index contributed by atoms with van der Waals surface area (Å²) in [7, 11) is -3.95. The van der Waals surface area contributed by atoms with Crippen LogP contribution in [-0.4, -0.2) is 33.6 Å². The molecule has 0 aromatic heterocycles. The number of halogens is 1. The predicted octanol–water partition coefficient (Wildman–Crippen LogP) is 4.57. The van der Waals surface area contributed by atoms with Gasteiger partial charge in [0.1, 0.15) is 11.5 Å². The van der Waals surface area contributed by atoms with Crippen LogP contribution in [0.3, 0.4) is 0 Å². The summed E-state index contributed by atoms with van der Waals surface area (Å²) in [6.07, 6.45) is -1.03. The molecule has 0 spiro atoms. The highest BCUT2D eigenvalue weighted by molar-refractivity contribution is 7.92. The van der Waals surface area contributed by atoms with Crippen LogP contribution < -0.4 is 19.1 Å². The Morgan fingerprint density at radius 2 is 1.79 bits per heavy atom. The first-order valence-corrected chi connectivity index (χ1v) is 12.7. The summed E-state index contributed by atoms with van der Waals surface area (Å²) in [5.41, 5.74) is 1.26. The Kier molecular flexibility index (Phi) is 7.00. The molecule has 0 saturated carbocycles. The smallest absolute Gasteiger partial charge is 0.264 e. The molecule has 1 heterocycles. The van der Waals surface area contributed by atoms with Crippen molar-refractivity contribution < 1.29 is 22.7 Å². The van der Waals surface area contributed by atoms with E-state index in [1.54, 1.807) is 24.3 Å². The number of sulfonamides is 1. The van der Waals surface area contributed by atoms with Crippen molar-refractivity contribution in [2.45, 2.75) is 30.9 Å². The molecular weight excluding hydrogens is 476 g/mol. The first-order valence-electron chi connectivity index (χ1n) is 10.9. The number of nitrogens with one attached hydrogen (secondary N) is 1. The van der Waals surface area contributed by atoms with E-state index < -0.39 is 22.0 Å². The molecule has 3 aromatic carbocycles. The van der Waals surface area contributed by atoms with E-state index in [9.17, 15) is 13.2 Å². The number of carbonyl (C=O) groups excluding carboxylic acids is 1. The van der Waals surface area contributed by atoms with E-state index in [-0.39, 0.29) is 17.5 Å². The number of anilines is 1. The van der Waals surface area contributed by atoms with Gasteiger partial charge in [-0.25, -0.2) is 8.42 Å². The standard InChI is InChI=1S/C25H25ClN2O5S/c1-3-32-20-12-8-18(9-13-20)17(2)27-25(29)24-16-28(22-6-4-5-7-23(22)33-24)34(30,31)21-14-10-19(26)11-15-21/h4-15,17,24H,3,16H2,1-2H3,(H,27,29)/t17-,24-/m1/s1. The molecule has 178 valence electrons. The fourth-order valence-corrected chi connectivity index (χ4v) is 5.31. The summed E-state index contributed by atoms with van der Waals surface area (Å²) in [6, 6.07) is 19.8. The minimum Gasteiger partial charge on any atom is -0.494 e. The van der Waals surface area contributed by atoms with Gasteiger partial charge in [-0.2, -0.15) is 0 Å². The number of amides is 1. The fourth-order valence-electron chi connectivity index (χ4n) is 3.71. The molecule has 1 N–H and O–H groups in total. The van der Waals surface area contributed by atoms with Crippen LogP contribution in [0.4, 0.5) is 5.69 Å². The van der Waals surface area contributed by atoms with Crippen LogP contribution in [0.15, 0.2) is 77.7 Å². The van der Waals surface area contributed by atoms with Crippen molar-refractivity contribution in [2.24, 2.45) is 0 Å². The number of hydrogen-bond donors (Lipinski definition) is 1. The number of hydrogen-bond acceptors (Lipinski definition) is 5. The van der Waals surface area contributed by atoms with Gasteiger partial charge in [0.2, 0.25) is 0 Å². The first kappa shape index (κ1) is 23.9. The second-order valence-electron chi connectivity index (χ2n) is 7.80. The van der Waals surface area contributed by atoms with Crippen molar-refractivity contribution in [1.82, 2.24) is 5.32 Å². The third-order valence-electron chi connectivity index (χ3n) is 5.48. The molecule has 2 atom stereocenters. The molecule has 0 saturated heterocycles. The Balaban J connectivity index is 1.56. The van der Waals surface area contributed by atoms with E-state index >= 15 is 0 Å². The second-order valence-corrected chi connectivity index (χ2v) is 10.1. The summed E-state index contributed by atoms with van der Waals surface area (Å²) in [4.78, 5) is 13.2. The molecule has 1 aliphatic rings. The predicted molar refractivity (Wildman–Crippen MR) is 131 cm³/mol. The van der Waals surface area contributed by atoms with Gasteiger partial charge >= 0.3 is 0 Å². The molecule has 0 aliphatic carbocycles. The van der Waals surface area contributed by atoms with Crippen molar-refractivity contribution in [2.75, 3.05) is 17.5 Å². The van der Waals surface area contributed by atoms with Crippen LogP contribution >= 0.6 is 11.6 Å². The minimum absolute atomic E-state index is 0.0792. The van der Waals surface area contributed by atoms with Gasteiger partial charge in [-0.3, -0.25) is 9.10 Å². The Bertz CT molecular complexity index is 1260. The molecule has 1 amide bonds. The Labute approximate surface area is 204 Å². The van der Waals surface area contributed by atoms with Gasteiger partial charge in [0.25, 0.3) is 15.9 Å². The summed E-state index contributed by atoms with van der Waals surface area (Å²) in [5.74, 6) is 0.660. The van der Waals surface area contributed by atoms with Crippen LogP contribution in [-0.2, 0) is 14.8 Å². The third-order valence-corrected chi connectivity index (χ3v) is 7.52. The summed E-state index contributed by atoms with van der Waals surface area (Å²) >= 11 is 5.93. The van der Waals surface area contributed by atoms with Crippen molar-refractivity contribution in [3.8, 4) is 11.5 Å². The van der Waals surface area contributed by atoms with Crippen molar-refractivity contribution in [1.29, 1.82) is 0 Å². The van der Waals surface area contributed by atoms with E-state index in [0.29, 0.717) is 23.1 Å². The van der Waals surface area contributed by atoms with Crippen molar-refractivity contribution >= 4 is 33.2 Å². The van der Waals surface area contributed by atoms with E-state index in [0.717, 1.165) is 11.3 Å². The molecule has 0 fully saturated rings. The molecule has 0 bridgehead atoms. The number of benzene rings is 3. The number of rotatable bonds is 7. The van der Waals surface area contributed by atoms with E-state index in [1.807, 2.05) is 38.1 Å². The average Bonchev–Trinajstić information content (AvgIpc) is 2.84. The largest absolute Gasteiger partial charge is 0.494 e. The zero-order valence-corrected chi connectivity index (χ0v) is 20.3. The van der Waals surface area contributed by atoms with Crippen LogP contribution in [0.2, 0.25) is 5.02 Å².